The first-order valence-corrected chi connectivity index (χ1v) is 11.4. The Balaban J connectivity index is 1.42. The number of hydrogen-bond acceptors (Lipinski definition) is 4. The number of carbonyl (C=O) groups excluding carboxylic acids is 3. The van der Waals surface area contributed by atoms with Gasteiger partial charge in [-0.15, -0.1) is 0 Å². The predicted octanol–water partition coefficient (Wildman–Crippen LogP) is 2.64. The van der Waals surface area contributed by atoms with Crippen molar-refractivity contribution in [3.05, 3.63) is 35.0 Å². The fraction of sp³-hybridized carbons (Fsp3) is 0.478. The van der Waals surface area contributed by atoms with Crippen LogP contribution in [0.3, 0.4) is 0 Å². The summed E-state index contributed by atoms with van der Waals surface area (Å²) in [6.45, 7) is 0.646. The summed E-state index contributed by atoms with van der Waals surface area (Å²) in [4.78, 5) is 40.9. The van der Waals surface area contributed by atoms with Gasteiger partial charge in [-0.25, -0.2) is 0 Å². The number of fused-ring (bicyclic) bond motifs is 1. The minimum absolute atomic E-state index is 0.0777. The fourth-order valence-electron chi connectivity index (χ4n) is 4.16. The van der Waals surface area contributed by atoms with E-state index in [2.05, 4.69) is 27.0 Å². The van der Waals surface area contributed by atoms with Gasteiger partial charge in [0, 0.05) is 28.4 Å². The van der Waals surface area contributed by atoms with Crippen molar-refractivity contribution in [2.24, 2.45) is 11.8 Å². The third-order valence-corrected chi connectivity index (χ3v) is 6.46. The van der Waals surface area contributed by atoms with E-state index in [1.54, 1.807) is 18.2 Å². The summed E-state index contributed by atoms with van der Waals surface area (Å²) in [6.07, 6.45) is 4.37. The molecule has 1 aromatic carbocycles. The van der Waals surface area contributed by atoms with E-state index < -0.39 is 23.9 Å². The van der Waals surface area contributed by atoms with Crippen molar-refractivity contribution >= 4 is 40.2 Å². The van der Waals surface area contributed by atoms with E-state index in [0.29, 0.717) is 36.0 Å². The average molecular weight is 456 g/mol. The second kappa shape index (κ2) is 9.61. The Kier molecular flexibility index (Phi) is 6.66. The van der Waals surface area contributed by atoms with Crippen LogP contribution in [0, 0.1) is 23.2 Å². The van der Waals surface area contributed by atoms with Crippen molar-refractivity contribution in [1.29, 1.82) is 5.26 Å². The number of halogens is 1. The average Bonchev–Trinajstić information content (AvgIpc) is 3.48. The highest BCUT2D eigenvalue weighted by Crippen LogP contribution is 2.34. The van der Waals surface area contributed by atoms with E-state index >= 15 is 0 Å². The van der Waals surface area contributed by atoms with Crippen LogP contribution in [0.1, 0.15) is 49.0 Å². The fourth-order valence-corrected chi connectivity index (χ4v) is 4.39. The largest absolute Gasteiger partial charge is 0.356 e. The summed E-state index contributed by atoms with van der Waals surface area (Å²) in [5, 5.41) is 19.2. The Morgan fingerprint density at radius 1 is 1.22 bits per heavy atom. The van der Waals surface area contributed by atoms with Gasteiger partial charge in [0.25, 0.3) is 5.91 Å². The topological polar surface area (TPSA) is 127 Å². The summed E-state index contributed by atoms with van der Waals surface area (Å²) in [5.41, 5.74) is 1.05. The summed E-state index contributed by atoms with van der Waals surface area (Å²) in [6, 6.07) is 7.57. The number of H-pyrrole nitrogens is 1. The molecule has 2 heterocycles. The summed E-state index contributed by atoms with van der Waals surface area (Å²) < 4.78 is 0. The Hall–Kier alpha value is -3.05. The highest BCUT2D eigenvalue weighted by atomic mass is 35.5. The standard InChI is InChI=1S/C23H26ClN5O3/c24-17-4-1-5-18-16(17)11-20(28-18)23(32)29-19(9-13-6-7-13)22(31)27-15(12-25)10-14-3-2-8-26-21(14)30/h1,4-5,11,13-15,19,28H,2-3,6-10H2,(H,26,30)(H,27,31)(H,29,32)/t14-,15-,19-/m0/s1. The molecule has 168 valence electrons. The number of rotatable bonds is 8. The molecule has 1 aliphatic heterocycles. The minimum atomic E-state index is -0.790. The van der Waals surface area contributed by atoms with Crippen LogP contribution in [-0.4, -0.2) is 41.3 Å². The van der Waals surface area contributed by atoms with E-state index in [0.717, 1.165) is 30.2 Å². The summed E-state index contributed by atoms with van der Waals surface area (Å²) in [5.74, 6) is -0.791. The normalized spacial score (nSPS) is 20.1. The van der Waals surface area contributed by atoms with Gasteiger partial charge in [0.2, 0.25) is 11.8 Å². The van der Waals surface area contributed by atoms with Gasteiger partial charge in [0.15, 0.2) is 0 Å². The van der Waals surface area contributed by atoms with Gasteiger partial charge in [0.1, 0.15) is 17.8 Å². The molecule has 2 fully saturated rings. The Morgan fingerprint density at radius 3 is 2.72 bits per heavy atom. The molecule has 4 rings (SSSR count). The SMILES string of the molecule is N#C[C@H](C[C@@H]1CCCNC1=O)NC(=O)[C@H](CC1CC1)NC(=O)c1cc2c(Cl)cccc2[nH]1. The lowest BCUT2D eigenvalue weighted by Gasteiger charge is -2.25. The zero-order valence-corrected chi connectivity index (χ0v) is 18.4. The number of hydrogen-bond donors (Lipinski definition) is 4. The number of carbonyl (C=O) groups is 3. The third-order valence-electron chi connectivity index (χ3n) is 6.14. The number of benzene rings is 1. The molecule has 3 amide bonds. The van der Waals surface area contributed by atoms with Crippen LogP contribution in [0.2, 0.25) is 5.02 Å². The van der Waals surface area contributed by atoms with Crippen LogP contribution in [0.5, 0.6) is 0 Å². The molecule has 3 atom stereocenters. The monoisotopic (exact) mass is 455 g/mol. The first kappa shape index (κ1) is 22.2. The summed E-state index contributed by atoms with van der Waals surface area (Å²) in [7, 11) is 0. The van der Waals surface area contributed by atoms with Crippen LogP contribution in [0.15, 0.2) is 24.3 Å². The van der Waals surface area contributed by atoms with Gasteiger partial charge < -0.3 is 20.9 Å². The van der Waals surface area contributed by atoms with Gasteiger partial charge in [-0.1, -0.05) is 30.5 Å². The lowest BCUT2D eigenvalue weighted by atomic mass is 9.92. The first-order valence-electron chi connectivity index (χ1n) is 11.0. The van der Waals surface area contributed by atoms with Crippen molar-refractivity contribution in [1.82, 2.24) is 20.9 Å². The highest BCUT2D eigenvalue weighted by molar-refractivity contribution is 6.35. The molecule has 0 spiro atoms. The lowest BCUT2D eigenvalue weighted by molar-refractivity contribution is -0.128. The number of amides is 3. The second-order valence-electron chi connectivity index (χ2n) is 8.65. The maximum absolute atomic E-state index is 13.0. The maximum Gasteiger partial charge on any atom is 0.268 e. The van der Waals surface area contributed by atoms with Gasteiger partial charge >= 0.3 is 0 Å². The molecule has 0 bridgehead atoms. The minimum Gasteiger partial charge on any atom is -0.356 e. The number of nitrogens with zero attached hydrogens (tertiary/aromatic N) is 1. The number of aromatic nitrogens is 1. The lowest BCUT2D eigenvalue weighted by Crippen LogP contribution is -2.50. The zero-order valence-electron chi connectivity index (χ0n) is 17.6. The maximum atomic E-state index is 13.0. The van der Waals surface area contributed by atoms with E-state index in [1.807, 2.05) is 6.07 Å². The molecule has 2 aliphatic rings. The quantitative estimate of drug-likeness (QED) is 0.488. The van der Waals surface area contributed by atoms with Crippen LogP contribution >= 0.6 is 11.6 Å². The second-order valence-corrected chi connectivity index (χ2v) is 9.05. The number of nitrogens with one attached hydrogen (secondary N) is 4. The van der Waals surface area contributed by atoms with Crippen molar-refractivity contribution in [3.8, 4) is 6.07 Å². The molecule has 8 nitrogen and oxygen atoms in total. The summed E-state index contributed by atoms with van der Waals surface area (Å²) >= 11 is 6.20. The zero-order chi connectivity index (χ0) is 22.7. The van der Waals surface area contributed by atoms with Crippen LogP contribution in [0.25, 0.3) is 10.9 Å². The molecule has 9 heteroatoms. The van der Waals surface area contributed by atoms with Gasteiger partial charge in [-0.2, -0.15) is 5.26 Å². The van der Waals surface area contributed by atoms with Crippen LogP contribution in [-0.2, 0) is 9.59 Å². The Bertz CT molecular complexity index is 1070. The highest BCUT2D eigenvalue weighted by Gasteiger charge is 2.33. The molecule has 2 aromatic rings. The number of nitriles is 1. The van der Waals surface area contributed by atoms with E-state index in [4.69, 9.17) is 11.6 Å². The first-order chi connectivity index (χ1) is 15.4. The van der Waals surface area contributed by atoms with Gasteiger partial charge in [0.05, 0.1) is 6.07 Å². The molecular formula is C23H26ClN5O3. The van der Waals surface area contributed by atoms with E-state index in [1.165, 1.54) is 0 Å². The molecular weight excluding hydrogens is 430 g/mol. The Morgan fingerprint density at radius 2 is 2.03 bits per heavy atom. The molecule has 4 N–H and O–H groups in total. The van der Waals surface area contributed by atoms with E-state index in [-0.39, 0.29) is 18.2 Å². The smallest absolute Gasteiger partial charge is 0.268 e. The van der Waals surface area contributed by atoms with Gasteiger partial charge in [-0.3, -0.25) is 14.4 Å². The predicted molar refractivity (Wildman–Crippen MR) is 120 cm³/mol. The molecule has 0 radical (unpaired) electrons. The van der Waals surface area contributed by atoms with Crippen molar-refractivity contribution in [2.45, 2.75) is 50.6 Å². The van der Waals surface area contributed by atoms with Crippen molar-refractivity contribution < 1.29 is 14.4 Å². The molecule has 1 aliphatic carbocycles. The Labute approximate surface area is 191 Å². The van der Waals surface area contributed by atoms with Crippen LogP contribution in [0.4, 0.5) is 0 Å². The van der Waals surface area contributed by atoms with Crippen LogP contribution < -0.4 is 16.0 Å². The molecule has 32 heavy (non-hydrogen) atoms. The molecule has 1 saturated carbocycles. The van der Waals surface area contributed by atoms with Gasteiger partial charge in [-0.05, 0) is 49.8 Å². The molecule has 0 unspecified atom stereocenters. The van der Waals surface area contributed by atoms with Crippen molar-refractivity contribution in [2.75, 3.05) is 6.54 Å². The van der Waals surface area contributed by atoms with Crippen molar-refractivity contribution in [3.63, 3.8) is 0 Å². The number of aromatic amines is 1. The molecule has 1 aromatic heterocycles. The number of piperidine rings is 1. The molecule has 1 saturated heterocycles. The van der Waals surface area contributed by atoms with E-state index in [9.17, 15) is 19.6 Å². The third kappa shape index (κ3) is 5.22.